The zero-order valence-corrected chi connectivity index (χ0v) is 12.3. The molecule has 0 aliphatic carbocycles. The Morgan fingerprint density at radius 1 is 1.40 bits per heavy atom. The van der Waals surface area contributed by atoms with E-state index < -0.39 is 0 Å². The number of aromatic nitrogens is 2. The van der Waals surface area contributed by atoms with Crippen LogP contribution in [-0.4, -0.2) is 34.2 Å². The number of nitrogens with zero attached hydrogens (tertiary/aromatic N) is 3. The molecule has 0 radical (unpaired) electrons. The predicted molar refractivity (Wildman–Crippen MR) is 79.3 cm³/mol. The highest BCUT2D eigenvalue weighted by molar-refractivity contribution is 7.13. The molecule has 1 aliphatic rings. The van der Waals surface area contributed by atoms with Crippen molar-refractivity contribution in [1.82, 2.24) is 15.1 Å². The Balaban J connectivity index is 1.67. The second kappa shape index (κ2) is 6.47. The van der Waals surface area contributed by atoms with E-state index in [1.165, 1.54) is 19.3 Å². The number of piperidine rings is 1. The summed E-state index contributed by atoms with van der Waals surface area (Å²) in [5, 5.41) is 10.3. The molecule has 0 bridgehead atoms. The van der Waals surface area contributed by atoms with Gasteiger partial charge in [0.2, 0.25) is 5.89 Å². The van der Waals surface area contributed by atoms with Gasteiger partial charge in [-0.25, -0.2) is 0 Å². The Bertz CT molecular complexity index is 523. The van der Waals surface area contributed by atoms with Crippen LogP contribution in [0, 0.1) is 0 Å². The molecule has 0 aromatic carbocycles. The summed E-state index contributed by atoms with van der Waals surface area (Å²) in [5.41, 5.74) is 5.71. The molecule has 20 heavy (non-hydrogen) atoms. The van der Waals surface area contributed by atoms with Gasteiger partial charge in [0.15, 0.2) is 0 Å². The van der Waals surface area contributed by atoms with E-state index in [-0.39, 0.29) is 0 Å². The van der Waals surface area contributed by atoms with Crippen molar-refractivity contribution < 1.29 is 4.42 Å². The lowest BCUT2D eigenvalue weighted by molar-refractivity contribution is 0.122. The first-order chi connectivity index (χ1) is 9.86. The molecule has 0 saturated carbocycles. The third-order valence-corrected chi connectivity index (χ3v) is 4.64. The van der Waals surface area contributed by atoms with Gasteiger partial charge in [0.1, 0.15) is 0 Å². The van der Waals surface area contributed by atoms with Gasteiger partial charge in [-0.3, -0.25) is 4.90 Å². The third kappa shape index (κ3) is 3.08. The van der Waals surface area contributed by atoms with E-state index >= 15 is 0 Å². The van der Waals surface area contributed by atoms with E-state index in [0.717, 1.165) is 30.9 Å². The maximum atomic E-state index is 5.77. The molecule has 1 aliphatic heterocycles. The van der Waals surface area contributed by atoms with E-state index in [1.54, 1.807) is 11.3 Å². The van der Waals surface area contributed by atoms with Crippen molar-refractivity contribution >= 4 is 11.3 Å². The molecule has 0 amide bonds. The smallest absolute Gasteiger partial charge is 0.257 e. The van der Waals surface area contributed by atoms with Crippen LogP contribution >= 0.6 is 11.3 Å². The molecule has 3 rings (SSSR count). The van der Waals surface area contributed by atoms with E-state index in [2.05, 4.69) is 15.1 Å². The van der Waals surface area contributed by atoms with Crippen molar-refractivity contribution in [2.75, 3.05) is 13.1 Å². The van der Waals surface area contributed by atoms with Crippen LogP contribution in [0.5, 0.6) is 0 Å². The fourth-order valence-corrected chi connectivity index (χ4v) is 3.42. The highest BCUT2D eigenvalue weighted by atomic mass is 32.1. The molecule has 1 fully saturated rings. The summed E-state index contributed by atoms with van der Waals surface area (Å²) in [4.78, 5) is 3.46. The second-order valence-corrected chi connectivity index (χ2v) is 6.12. The molecule has 5 nitrogen and oxygen atoms in total. The average Bonchev–Trinajstić information content (AvgIpc) is 3.12. The van der Waals surface area contributed by atoms with Crippen molar-refractivity contribution in [2.24, 2.45) is 5.73 Å². The maximum Gasteiger partial charge on any atom is 0.257 e. The van der Waals surface area contributed by atoms with Gasteiger partial charge in [-0.15, -0.1) is 21.5 Å². The highest BCUT2D eigenvalue weighted by Crippen LogP contribution is 2.25. The Morgan fingerprint density at radius 2 is 2.35 bits per heavy atom. The molecular formula is C14H20N4OS. The van der Waals surface area contributed by atoms with E-state index in [4.69, 9.17) is 10.2 Å². The largest absolute Gasteiger partial charge is 0.419 e. The van der Waals surface area contributed by atoms with Gasteiger partial charge < -0.3 is 10.2 Å². The summed E-state index contributed by atoms with van der Waals surface area (Å²) >= 11 is 1.62. The van der Waals surface area contributed by atoms with E-state index in [1.807, 2.05) is 17.5 Å². The van der Waals surface area contributed by atoms with Crippen molar-refractivity contribution in [3.8, 4) is 10.8 Å². The zero-order valence-electron chi connectivity index (χ0n) is 11.5. The van der Waals surface area contributed by atoms with E-state index in [0.29, 0.717) is 17.8 Å². The number of rotatable bonds is 5. The molecule has 2 aromatic rings. The van der Waals surface area contributed by atoms with Crippen molar-refractivity contribution in [3.63, 3.8) is 0 Å². The van der Waals surface area contributed by atoms with Gasteiger partial charge in [-0.1, -0.05) is 12.5 Å². The lowest BCUT2D eigenvalue weighted by Gasteiger charge is -2.34. The van der Waals surface area contributed by atoms with Gasteiger partial charge >= 0.3 is 0 Å². The minimum Gasteiger partial charge on any atom is -0.419 e. The number of thiophene rings is 1. The fraction of sp³-hybridized carbons (Fsp3) is 0.571. The molecule has 108 valence electrons. The van der Waals surface area contributed by atoms with Gasteiger partial charge in [0.05, 0.1) is 11.4 Å². The van der Waals surface area contributed by atoms with Crippen LogP contribution in [-0.2, 0) is 6.54 Å². The van der Waals surface area contributed by atoms with Crippen LogP contribution in [0.1, 0.15) is 31.6 Å². The first-order valence-corrected chi connectivity index (χ1v) is 8.05. The van der Waals surface area contributed by atoms with Gasteiger partial charge in [0, 0.05) is 6.04 Å². The van der Waals surface area contributed by atoms with Crippen LogP contribution in [0.4, 0.5) is 0 Å². The first-order valence-electron chi connectivity index (χ1n) is 7.17. The summed E-state index contributed by atoms with van der Waals surface area (Å²) in [5.74, 6) is 1.33. The first kappa shape index (κ1) is 13.7. The molecule has 1 saturated heterocycles. The number of likely N-dealkylation sites (tertiary alicyclic amines) is 1. The van der Waals surface area contributed by atoms with Crippen LogP contribution < -0.4 is 5.73 Å². The Morgan fingerprint density at radius 3 is 3.15 bits per heavy atom. The van der Waals surface area contributed by atoms with Crippen LogP contribution in [0.25, 0.3) is 10.8 Å². The second-order valence-electron chi connectivity index (χ2n) is 5.18. The monoisotopic (exact) mass is 292 g/mol. The number of nitrogens with two attached hydrogens (primary N) is 1. The van der Waals surface area contributed by atoms with Crippen molar-refractivity contribution in [2.45, 2.75) is 38.3 Å². The number of hydrogen-bond acceptors (Lipinski definition) is 6. The molecule has 0 spiro atoms. The Kier molecular flexibility index (Phi) is 4.44. The third-order valence-electron chi connectivity index (χ3n) is 3.79. The SMILES string of the molecule is NCCC1CCCCN1Cc1nnc(-c2cccs2)o1. The Labute approximate surface area is 122 Å². The molecule has 1 atom stereocenters. The van der Waals surface area contributed by atoms with E-state index in [9.17, 15) is 0 Å². The topological polar surface area (TPSA) is 68.2 Å². The maximum absolute atomic E-state index is 5.77. The summed E-state index contributed by atoms with van der Waals surface area (Å²) in [6.45, 7) is 2.58. The van der Waals surface area contributed by atoms with Crippen molar-refractivity contribution in [1.29, 1.82) is 0 Å². The van der Waals surface area contributed by atoms with Crippen LogP contribution in [0.3, 0.4) is 0 Å². The van der Waals surface area contributed by atoms with Crippen LogP contribution in [0.2, 0.25) is 0 Å². The quantitative estimate of drug-likeness (QED) is 0.917. The molecule has 3 heterocycles. The summed E-state index contributed by atoms with van der Waals surface area (Å²) < 4.78 is 5.77. The molecule has 1 unspecified atom stereocenters. The standard InChI is InChI=1S/C14H20N4OS/c15-7-6-11-4-1-2-8-18(11)10-13-16-17-14(19-13)12-5-3-9-20-12/h3,5,9,11H,1-2,4,6-8,10,15H2. The zero-order chi connectivity index (χ0) is 13.8. The minimum absolute atomic E-state index is 0.561. The lowest BCUT2D eigenvalue weighted by Crippen LogP contribution is -2.40. The van der Waals surface area contributed by atoms with Crippen molar-refractivity contribution in [3.05, 3.63) is 23.4 Å². The van der Waals surface area contributed by atoms with Gasteiger partial charge in [-0.05, 0) is 43.8 Å². The Hall–Kier alpha value is -1.24. The lowest BCUT2D eigenvalue weighted by atomic mass is 9.99. The van der Waals surface area contributed by atoms with Crippen LogP contribution in [0.15, 0.2) is 21.9 Å². The normalized spacial score (nSPS) is 20.4. The minimum atomic E-state index is 0.561. The summed E-state index contributed by atoms with van der Waals surface area (Å²) in [6, 6.07) is 4.55. The summed E-state index contributed by atoms with van der Waals surface area (Å²) in [7, 11) is 0. The molecular weight excluding hydrogens is 272 g/mol. The van der Waals surface area contributed by atoms with Gasteiger partial charge in [0.25, 0.3) is 5.89 Å². The average molecular weight is 292 g/mol. The molecule has 2 N–H and O–H groups in total. The highest BCUT2D eigenvalue weighted by Gasteiger charge is 2.23. The number of hydrogen-bond donors (Lipinski definition) is 1. The fourth-order valence-electron chi connectivity index (χ4n) is 2.78. The summed E-state index contributed by atoms with van der Waals surface area (Å²) in [6.07, 6.45) is 4.81. The predicted octanol–water partition coefficient (Wildman–Crippen LogP) is 2.50. The van der Waals surface area contributed by atoms with Gasteiger partial charge in [-0.2, -0.15) is 0 Å². The molecule has 2 aromatic heterocycles. The molecule has 6 heteroatoms.